The van der Waals surface area contributed by atoms with Crippen LogP contribution in [0, 0.1) is 4.77 Å². The first-order chi connectivity index (χ1) is 9.61. The quantitative estimate of drug-likeness (QED) is 0.505. The lowest BCUT2D eigenvalue weighted by Gasteiger charge is -2.13. The predicted octanol–water partition coefficient (Wildman–Crippen LogP) is 0.260. The fourth-order valence-electron chi connectivity index (χ4n) is 1.67. The van der Waals surface area contributed by atoms with E-state index in [-0.39, 0.29) is 23.6 Å². The summed E-state index contributed by atoms with van der Waals surface area (Å²) < 4.78 is 0.153. The molecule has 7 nitrogen and oxygen atoms in total. The Morgan fingerprint density at radius 1 is 1.40 bits per heavy atom. The van der Waals surface area contributed by atoms with E-state index < -0.39 is 11.7 Å². The summed E-state index contributed by atoms with van der Waals surface area (Å²) in [5.41, 5.74) is 1.000. The number of aromatic nitrogens is 3. The molecule has 0 aliphatic carbocycles. The number of benzene rings is 1. The highest BCUT2D eigenvalue weighted by Gasteiger charge is 2.11. The zero-order chi connectivity index (χ0) is 14.5. The lowest BCUT2D eigenvalue weighted by atomic mass is 10.1. The minimum Gasteiger partial charge on any atom is -0.394 e. The van der Waals surface area contributed by atoms with Gasteiger partial charge in [-0.05, 0) is 18.3 Å². The number of rotatable bonds is 5. The Balaban J connectivity index is 2.37. The van der Waals surface area contributed by atoms with Gasteiger partial charge in [-0.25, -0.2) is 0 Å². The van der Waals surface area contributed by atoms with Gasteiger partial charge in [0.15, 0.2) is 10.5 Å². The molecule has 0 saturated heterocycles. The molecule has 1 unspecified atom stereocenters. The molecule has 0 radical (unpaired) electrons. The van der Waals surface area contributed by atoms with Crippen molar-refractivity contribution in [3.63, 3.8) is 0 Å². The molecule has 8 heteroatoms. The summed E-state index contributed by atoms with van der Waals surface area (Å²) in [5, 5.41) is 27.6. The summed E-state index contributed by atoms with van der Waals surface area (Å²) in [4.78, 5) is 14.3. The maximum absolute atomic E-state index is 11.9. The Kier molecular flexibility index (Phi) is 4.61. The second-order valence-corrected chi connectivity index (χ2v) is 4.53. The van der Waals surface area contributed by atoms with Crippen molar-refractivity contribution in [2.24, 2.45) is 0 Å². The molecule has 0 amide bonds. The maximum atomic E-state index is 11.9. The van der Waals surface area contributed by atoms with E-state index in [1.54, 1.807) is 24.3 Å². The summed E-state index contributed by atoms with van der Waals surface area (Å²) >= 11 is 4.79. The lowest BCUT2D eigenvalue weighted by molar-refractivity contribution is 0.105. The van der Waals surface area contributed by atoms with Gasteiger partial charge in [-0.15, -0.1) is 0 Å². The van der Waals surface area contributed by atoms with Crippen molar-refractivity contribution in [2.45, 2.75) is 6.10 Å². The van der Waals surface area contributed by atoms with E-state index in [0.717, 1.165) is 0 Å². The van der Waals surface area contributed by atoms with E-state index in [4.69, 9.17) is 17.3 Å². The van der Waals surface area contributed by atoms with E-state index in [2.05, 4.69) is 20.5 Å². The first-order valence-electron chi connectivity index (χ1n) is 5.93. The molecule has 0 saturated carbocycles. The number of H-pyrrole nitrogens is 2. The summed E-state index contributed by atoms with van der Waals surface area (Å²) in [5.74, 6) is 0. The Bertz CT molecular complexity index is 697. The summed E-state index contributed by atoms with van der Waals surface area (Å²) in [7, 11) is 0. The highest BCUT2D eigenvalue weighted by molar-refractivity contribution is 7.71. The van der Waals surface area contributed by atoms with Crippen LogP contribution >= 0.6 is 12.2 Å². The fourth-order valence-corrected chi connectivity index (χ4v) is 1.80. The molecule has 0 fully saturated rings. The van der Waals surface area contributed by atoms with Gasteiger partial charge in [-0.2, -0.15) is 5.10 Å². The Morgan fingerprint density at radius 3 is 2.85 bits per heavy atom. The van der Waals surface area contributed by atoms with Gasteiger partial charge in [0.25, 0.3) is 5.56 Å². The van der Waals surface area contributed by atoms with Gasteiger partial charge in [-0.3, -0.25) is 14.9 Å². The number of hydrogen-bond donors (Lipinski definition) is 5. The third kappa shape index (κ3) is 3.29. The predicted molar refractivity (Wildman–Crippen MR) is 77.1 cm³/mol. The molecule has 0 bridgehead atoms. The monoisotopic (exact) mass is 294 g/mol. The molecule has 1 aromatic carbocycles. The molecule has 2 aromatic rings. The van der Waals surface area contributed by atoms with Gasteiger partial charge in [-0.1, -0.05) is 18.2 Å². The van der Waals surface area contributed by atoms with Gasteiger partial charge >= 0.3 is 0 Å². The van der Waals surface area contributed by atoms with Crippen LogP contribution in [0.3, 0.4) is 0 Å². The molecular formula is C12H14N4O3S. The molecule has 106 valence electrons. The van der Waals surface area contributed by atoms with Crippen molar-refractivity contribution >= 4 is 17.9 Å². The Labute approximate surface area is 119 Å². The molecule has 1 heterocycles. The minimum atomic E-state index is -0.879. The third-order valence-electron chi connectivity index (χ3n) is 2.63. The number of hydrogen-bond acceptors (Lipinski definition) is 6. The van der Waals surface area contributed by atoms with Gasteiger partial charge in [0.2, 0.25) is 0 Å². The van der Waals surface area contributed by atoms with E-state index in [1.807, 2.05) is 0 Å². The van der Waals surface area contributed by atoms with E-state index >= 15 is 0 Å². The molecule has 0 spiro atoms. The average molecular weight is 294 g/mol. The van der Waals surface area contributed by atoms with Gasteiger partial charge < -0.3 is 15.5 Å². The molecule has 1 aromatic heterocycles. The number of aliphatic hydroxyl groups excluding tert-OH is 2. The van der Waals surface area contributed by atoms with Crippen LogP contribution in [-0.4, -0.2) is 44.7 Å². The minimum absolute atomic E-state index is 0.153. The first kappa shape index (κ1) is 14.4. The van der Waals surface area contributed by atoms with Crippen LogP contribution in [0.5, 0.6) is 0 Å². The van der Waals surface area contributed by atoms with Crippen molar-refractivity contribution in [3.05, 3.63) is 39.4 Å². The number of nitrogens with zero attached hydrogens (tertiary/aromatic N) is 1. The van der Waals surface area contributed by atoms with Crippen LogP contribution in [0.25, 0.3) is 11.3 Å². The largest absolute Gasteiger partial charge is 0.394 e. The highest BCUT2D eigenvalue weighted by Crippen LogP contribution is 2.23. The van der Waals surface area contributed by atoms with Crippen molar-refractivity contribution < 1.29 is 10.2 Å². The lowest BCUT2D eigenvalue weighted by Crippen LogP contribution is -2.23. The molecule has 1 atom stereocenters. The fraction of sp³-hybridized carbons (Fsp3) is 0.250. The zero-order valence-corrected chi connectivity index (χ0v) is 11.3. The van der Waals surface area contributed by atoms with Gasteiger partial charge in [0.1, 0.15) is 0 Å². The number of nitrogens with one attached hydrogen (secondary N) is 3. The third-order valence-corrected chi connectivity index (χ3v) is 2.83. The molecule has 0 aliphatic rings. The second-order valence-electron chi connectivity index (χ2n) is 4.12. The normalized spacial score (nSPS) is 12.1. The van der Waals surface area contributed by atoms with Crippen LogP contribution in [-0.2, 0) is 0 Å². The van der Waals surface area contributed by atoms with E-state index in [1.165, 1.54) is 0 Å². The number of aliphatic hydroxyl groups is 2. The Morgan fingerprint density at radius 2 is 2.15 bits per heavy atom. The first-order valence-corrected chi connectivity index (χ1v) is 6.34. The number of aromatic amines is 2. The topological polar surface area (TPSA) is 114 Å². The maximum Gasteiger partial charge on any atom is 0.278 e. The van der Waals surface area contributed by atoms with Crippen molar-refractivity contribution in [1.82, 2.24) is 15.2 Å². The van der Waals surface area contributed by atoms with Crippen LogP contribution < -0.4 is 10.9 Å². The molecular weight excluding hydrogens is 280 g/mol. The molecule has 0 aliphatic heterocycles. The van der Waals surface area contributed by atoms with Crippen molar-refractivity contribution in [2.75, 3.05) is 18.5 Å². The second kappa shape index (κ2) is 6.42. The van der Waals surface area contributed by atoms with E-state index in [0.29, 0.717) is 11.3 Å². The molecule has 20 heavy (non-hydrogen) atoms. The van der Waals surface area contributed by atoms with Crippen LogP contribution in [0.2, 0.25) is 0 Å². The number of para-hydroxylation sites is 1. The SMILES string of the molecule is O=c1[nH]c(=S)[nH]nc1-c1ccccc1NCC(O)CO. The van der Waals surface area contributed by atoms with Gasteiger partial charge in [0, 0.05) is 17.8 Å². The summed E-state index contributed by atoms with van der Waals surface area (Å²) in [6, 6.07) is 7.03. The molecule has 2 rings (SSSR count). The highest BCUT2D eigenvalue weighted by atomic mass is 32.1. The summed E-state index contributed by atoms with van der Waals surface area (Å²) in [6.07, 6.45) is -0.879. The van der Waals surface area contributed by atoms with Crippen LogP contribution in [0.4, 0.5) is 5.69 Å². The van der Waals surface area contributed by atoms with E-state index in [9.17, 15) is 9.90 Å². The van der Waals surface area contributed by atoms with Crippen molar-refractivity contribution in [1.29, 1.82) is 0 Å². The van der Waals surface area contributed by atoms with Crippen LogP contribution in [0.1, 0.15) is 0 Å². The Hall–Kier alpha value is -2.03. The van der Waals surface area contributed by atoms with Gasteiger partial charge in [0.05, 0.1) is 12.7 Å². The van der Waals surface area contributed by atoms with Crippen molar-refractivity contribution in [3.8, 4) is 11.3 Å². The molecule has 5 N–H and O–H groups in total. The summed E-state index contributed by atoms with van der Waals surface area (Å²) in [6.45, 7) is -0.180. The number of anilines is 1. The average Bonchev–Trinajstić information content (AvgIpc) is 2.45. The zero-order valence-electron chi connectivity index (χ0n) is 10.5. The standard InChI is InChI=1S/C12H14N4O3S/c17-6-7(18)5-13-9-4-2-1-3-8(9)10-11(19)14-12(20)16-15-10/h1-4,7,13,17-18H,5-6H2,(H2,14,16,19,20). The van der Waals surface area contributed by atoms with Crippen LogP contribution in [0.15, 0.2) is 29.1 Å². The smallest absolute Gasteiger partial charge is 0.278 e.